The van der Waals surface area contributed by atoms with E-state index in [0.29, 0.717) is 31.5 Å². The van der Waals surface area contributed by atoms with Gasteiger partial charge in [0.1, 0.15) is 17.4 Å². The Morgan fingerprint density at radius 3 is 2.40 bits per heavy atom. The van der Waals surface area contributed by atoms with Gasteiger partial charge in [0.15, 0.2) is 11.4 Å². The second-order valence-electron chi connectivity index (χ2n) is 13.1. The summed E-state index contributed by atoms with van der Waals surface area (Å²) in [5.74, 6) is -7.25. The van der Waals surface area contributed by atoms with Crippen LogP contribution in [0.2, 0.25) is 0 Å². The van der Waals surface area contributed by atoms with Crippen molar-refractivity contribution in [3.05, 3.63) is 33.9 Å². The highest BCUT2D eigenvalue weighted by Gasteiger charge is 2.67. The van der Waals surface area contributed by atoms with Gasteiger partial charge in [0.05, 0.1) is 11.7 Å². The minimum atomic E-state index is -2.65. The Morgan fingerprint density at radius 2 is 1.85 bits per heavy atom. The summed E-state index contributed by atoms with van der Waals surface area (Å²) < 4.78 is 0. The number of benzene rings is 1. The maximum absolute atomic E-state index is 14.0. The molecule has 2 saturated carbocycles. The number of aromatic hydroxyl groups is 1. The third-order valence-electron chi connectivity index (χ3n) is 8.75. The maximum Gasteiger partial charge on any atom is 0.230 e. The van der Waals surface area contributed by atoms with Crippen LogP contribution in [0.3, 0.4) is 0 Å². The molecule has 40 heavy (non-hydrogen) atoms. The van der Waals surface area contributed by atoms with Crippen LogP contribution in [0.25, 0.3) is 5.76 Å². The predicted octanol–water partition coefficient (Wildman–Crippen LogP) is 1.22. The molecule has 1 aromatic carbocycles. The van der Waals surface area contributed by atoms with E-state index in [0.717, 1.165) is 17.5 Å². The molecule has 2 fully saturated rings. The number of nitrogens with one attached hydrogen (secondary N) is 1. The molecule has 4 rings (SSSR count). The number of phenolic OH excluding ortho intramolecular Hbond substituents is 1. The minimum absolute atomic E-state index is 0.0151. The number of nitrogens with zero attached hydrogens (tertiary/aromatic N) is 1. The van der Waals surface area contributed by atoms with Crippen molar-refractivity contribution in [2.75, 3.05) is 20.6 Å². The Hall–Kier alpha value is -2.79. The number of phenols is 1. The number of hydrogen-bond acceptors (Lipinski definition) is 9. The predicted molar refractivity (Wildman–Crippen MR) is 149 cm³/mol. The third-order valence-corrected chi connectivity index (χ3v) is 8.75. The quantitative estimate of drug-likeness (QED) is 0.269. The number of rotatable bonds is 7. The standard InChI is InChI=1S/C30H43N3O7/c1-7-8-14-9-16(12-32-13-29(2,3)4)23(34)20-17(14)10-15-11-18-22(33(5)6)25(36)21(28(31)39)27(38)30(18,40)26(37)19(15)24(20)35/h9,15,18,21-22,25,32,34-36,40H,7-8,10-13H2,1-6H3,(H2,31,39)/t15-,18-,21?,22-,25?,30-/m1/s1. The van der Waals surface area contributed by atoms with Gasteiger partial charge in [-0.2, -0.15) is 0 Å². The summed E-state index contributed by atoms with van der Waals surface area (Å²) in [5, 5.41) is 49.0. The first-order valence-electron chi connectivity index (χ1n) is 14.0. The lowest BCUT2D eigenvalue weighted by molar-refractivity contribution is -0.184. The van der Waals surface area contributed by atoms with E-state index in [9.17, 15) is 34.8 Å². The molecule has 0 bridgehead atoms. The highest BCUT2D eigenvalue weighted by molar-refractivity contribution is 6.25. The number of carbonyl (C=O) groups excluding carboxylic acids is 3. The van der Waals surface area contributed by atoms with Crippen molar-refractivity contribution in [2.45, 2.75) is 77.7 Å². The fraction of sp³-hybridized carbons (Fsp3) is 0.633. The van der Waals surface area contributed by atoms with E-state index in [4.69, 9.17) is 5.73 Å². The summed E-state index contributed by atoms with van der Waals surface area (Å²) in [6, 6.07) is 1.04. The fourth-order valence-electron chi connectivity index (χ4n) is 7.01. The molecule has 3 aliphatic carbocycles. The third kappa shape index (κ3) is 4.74. The van der Waals surface area contributed by atoms with Gasteiger partial charge in [0, 0.05) is 36.2 Å². The first kappa shape index (κ1) is 30.2. The number of ketones is 2. The number of Topliss-reactive ketones (excluding diaryl/α,β-unsaturated/α-hetero) is 2. The van der Waals surface area contributed by atoms with Gasteiger partial charge in [-0.05, 0) is 55.8 Å². The molecule has 220 valence electrons. The number of fused-ring (bicyclic) bond motifs is 3. The normalized spacial score (nSPS) is 30.3. The number of carbonyl (C=O) groups is 3. The number of aryl methyl sites for hydroxylation is 1. The smallest absolute Gasteiger partial charge is 0.230 e. The lowest BCUT2D eigenvalue weighted by Crippen LogP contribution is -2.73. The van der Waals surface area contributed by atoms with Gasteiger partial charge in [0.25, 0.3) is 0 Å². The van der Waals surface area contributed by atoms with Crippen molar-refractivity contribution < 1.29 is 34.8 Å². The Kier molecular flexibility index (Phi) is 7.96. The lowest BCUT2D eigenvalue weighted by atomic mass is 9.54. The first-order valence-corrected chi connectivity index (χ1v) is 14.0. The monoisotopic (exact) mass is 557 g/mol. The number of aliphatic hydroxyl groups is 3. The molecule has 3 aliphatic rings. The van der Waals surface area contributed by atoms with E-state index >= 15 is 0 Å². The number of likely N-dealkylation sites (N-methyl/N-ethyl adjacent to an activating group) is 1. The van der Waals surface area contributed by atoms with Crippen LogP contribution in [0.1, 0.15) is 62.8 Å². The van der Waals surface area contributed by atoms with E-state index in [1.165, 1.54) is 0 Å². The number of primary amides is 1. The number of aliphatic hydroxyl groups excluding tert-OH is 2. The highest BCUT2D eigenvalue weighted by atomic mass is 16.3. The van der Waals surface area contributed by atoms with Crippen LogP contribution in [0, 0.1) is 23.2 Å². The van der Waals surface area contributed by atoms with Gasteiger partial charge in [-0.3, -0.25) is 14.4 Å². The van der Waals surface area contributed by atoms with Gasteiger partial charge < -0.3 is 36.4 Å². The van der Waals surface area contributed by atoms with Crippen molar-refractivity contribution in [3.8, 4) is 5.75 Å². The van der Waals surface area contributed by atoms with Crippen molar-refractivity contribution >= 4 is 23.2 Å². The molecule has 7 N–H and O–H groups in total. The van der Waals surface area contributed by atoms with E-state index < -0.39 is 58.7 Å². The largest absolute Gasteiger partial charge is 0.507 e. The van der Waals surface area contributed by atoms with E-state index in [2.05, 4.69) is 26.1 Å². The average Bonchev–Trinajstić information content (AvgIpc) is 2.83. The van der Waals surface area contributed by atoms with E-state index in [1.807, 2.05) is 13.0 Å². The molecular weight excluding hydrogens is 514 g/mol. The number of nitrogens with two attached hydrogens (primary N) is 1. The number of amides is 1. The van der Waals surface area contributed by atoms with Crippen LogP contribution in [0.4, 0.5) is 0 Å². The topological polar surface area (TPSA) is 173 Å². The van der Waals surface area contributed by atoms with Crippen LogP contribution in [-0.4, -0.2) is 81.2 Å². The van der Waals surface area contributed by atoms with Gasteiger partial charge in [-0.25, -0.2) is 0 Å². The van der Waals surface area contributed by atoms with Gasteiger partial charge >= 0.3 is 0 Å². The Labute approximate surface area is 235 Å². The zero-order valence-corrected chi connectivity index (χ0v) is 24.2. The summed E-state index contributed by atoms with van der Waals surface area (Å²) in [6.07, 6.45) is 0.446. The molecule has 6 atom stereocenters. The molecule has 0 aromatic heterocycles. The molecule has 0 spiro atoms. The van der Waals surface area contributed by atoms with Crippen LogP contribution in [-0.2, 0) is 33.8 Å². The zero-order chi connectivity index (χ0) is 29.9. The molecular formula is C30H43N3O7. The maximum atomic E-state index is 14.0. The highest BCUT2D eigenvalue weighted by Crippen LogP contribution is 2.53. The van der Waals surface area contributed by atoms with Crippen molar-refractivity contribution in [2.24, 2.45) is 28.9 Å². The Morgan fingerprint density at radius 1 is 1.20 bits per heavy atom. The summed E-state index contributed by atoms with van der Waals surface area (Å²) in [5.41, 5.74) is 5.10. The molecule has 0 aliphatic heterocycles. The minimum Gasteiger partial charge on any atom is -0.507 e. The molecule has 10 nitrogen and oxygen atoms in total. The summed E-state index contributed by atoms with van der Waals surface area (Å²) in [6.45, 7) is 9.35. The fourth-order valence-corrected chi connectivity index (χ4v) is 7.01. The molecule has 1 aromatic rings. The van der Waals surface area contributed by atoms with Crippen LogP contribution >= 0.6 is 0 Å². The molecule has 10 heteroatoms. The lowest BCUT2D eigenvalue weighted by Gasteiger charge is -2.53. The molecule has 0 saturated heterocycles. The molecule has 0 radical (unpaired) electrons. The van der Waals surface area contributed by atoms with Crippen LogP contribution in [0.15, 0.2) is 11.6 Å². The van der Waals surface area contributed by atoms with Crippen molar-refractivity contribution in [3.63, 3.8) is 0 Å². The Balaban J connectivity index is 1.86. The van der Waals surface area contributed by atoms with Crippen LogP contribution < -0.4 is 11.1 Å². The first-order chi connectivity index (χ1) is 18.6. The van der Waals surface area contributed by atoms with Crippen molar-refractivity contribution in [1.29, 1.82) is 0 Å². The van der Waals surface area contributed by atoms with Gasteiger partial charge in [0.2, 0.25) is 11.7 Å². The van der Waals surface area contributed by atoms with E-state index in [1.54, 1.807) is 19.0 Å². The summed E-state index contributed by atoms with van der Waals surface area (Å²) in [4.78, 5) is 41.3. The van der Waals surface area contributed by atoms with Crippen molar-refractivity contribution in [1.82, 2.24) is 10.2 Å². The molecule has 2 unspecified atom stereocenters. The zero-order valence-electron chi connectivity index (χ0n) is 24.2. The van der Waals surface area contributed by atoms with Crippen LogP contribution in [0.5, 0.6) is 5.75 Å². The number of hydrogen-bond donors (Lipinski definition) is 6. The summed E-state index contributed by atoms with van der Waals surface area (Å²) >= 11 is 0. The second-order valence-corrected chi connectivity index (χ2v) is 13.1. The SMILES string of the molecule is CCCc1cc(CNCC(C)(C)C)c(O)c2c1C[C@@H]1C[C@@H]3[C@@H](N(C)C)C(O)C(C(N)=O)C(=O)[C@]3(O)C(=O)C1=C2O. The molecule has 1 amide bonds. The molecule has 0 heterocycles. The Bertz CT molecular complexity index is 1260. The summed E-state index contributed by atoms with van der Waals surface area (Å²) in [7, 11) is 3.27. The van der Waals surface area contributed by atoms with Gasteiger partial charge in [-0.1, -0.05) is 40.2 Å². The van der Waals surface area contributed by atoms with E-state index in [-0.39, 0.29) is 28.7 Å². The second kappa shape index (κ2) is 10.6. The average molecular weight is 558 g/mol. The van der Waals surface area contributed by atoms with Gasteiger partial charge in [-0.15, -0.1) is 0 Å².